The van der Waals surface area contributed by atoms with Crippen molar-refractivity contribution in [2.24, 2.45) is 5.41 Å². The third-order valence-electron chi connectivity index (χ3n) is 8.51. The van der Waals surface area contributed by atoms with Gasteiger partial charge in [0.1, 0.15) is 17.3 Å². The lowest BCUT2D eigenvalue weighted by atomic mass is 9.67. The van der Waals surface area contributed by atoms with Crippen molar-refractivity contribution in [3.05, 3.63) is 98.2 Å². The van der Waals surface area contributed by atoms with Crippen LogP contribution in [0, 0.1) is 27.9 Å². The van der Waals surface area contributed by atoms with Crippen molar-refractivity contribution in [2.45, 2.75) is 39.5 Å². The van der Waals surface area contributed by atoms with Crippen molar-refractivity contribution >= 4 is 28.8 Å². The molecule has 2 aliphatic rings. The summed E-state index contributed by atoms with van der Waals surface area (Å²) in [6, 6.07) is 14.6. The maximum absolute atomic E-state index is 14.3. The average molecular weight is 628 g/mol. The van der Waals surface area contributed by atoms with E-state index in [2.05, 4.69) is 0 Å². The number of amidine groups is 1. The lowest BCUT2D eigenvalue weighted by molar-refractivity contribution is -0.384. The number of allylic oxidation sites excluding steroid dienone is 2. The number of benzene rings is 3. The fraction of sp³-hybridized carbons (Fsp3) is 0.314. The van der Waals surface area contributed by atoms with E-state index in [9.17, 15) is 25.4 Å². The highest BCUT2D eigenvalue weighted by Gasteiger charge is 2.47. The highest BCUT2D eigenvalue weighted by atomic mass is 16.6. The van der Waals surface area contributed by atoms with Crippen LogP contribution in [0.3, 0.4) is 0 Å². The van der Waals surface area contributed by atoms with Crippen LogP contribution >= 0.6 is 0 Å². The van der Waals surface area contributed by atoms with Crippen molar-refractivity contribution in [3.63, 3.8) is 0 Å². The summed E-state index contributed by atoms with van der Waals surface area (Å²) in [5, 5.41) is 33.7. The highest BCUT2D eigenvalue weighted by Crippen LogP contribution is 2.53. The molecule has 0 radical (unpaired) electrons. The standard InChI is InChI=1S/C35H37N3O8/c1-19-8-11-22(38(41)42)16-24(19)37-25-17-35(2,3)18-26(39)30(25)29(21-14-27(44-5)33(46-7)28(15-21)45-6)31(34(37)36)32(40)20-9-12-23(43-4)13-10-20/h8-16,29,36,40H,17-18H2,1-7H3/b32-31+,36-34?/t29-/m1/s1. The first-order valence-corrected chi connectivity index (χ1v) is 14.6. The van der Waals surface area contributed by atoms with E-state index in [1.165, 1.54) is 40.6 Å². The van der Waals surface area contributed by atoms with Gasteiger partial charge in [0.2, 0.25) is 5.75 Å². The predicted octanol–water partition coefficient (Wildman–Crippen LogP) is 7.13. The van der Waals surface area contributed by atoms with E-state index in [4.69, 9.17) is 18.9 Å². The molecule has 0 bridgehead atoms. The highest BCUT2D eigenvalue weighted by molar-refractivity contribution is 6.20. The van der Waals surface area contributed by atoms with E-state index in [0.717, 1.165) is 0 Å². The Kier molecular flexibility index (Phi) is 8.53. The minimum absolute atomic E-state index is 0.125. The normalized spacial score (nSPS) is 18.6. The molecule has 3 aromatic rings. The molecule has 0 saturated heterocycles. The number of carbonyl (C=O) groups excluding carboxylic acids is 1. The smallest absolute Gasteiger partial charge is 0.271 e. The number of hydrogen-bond donors (Lipinski definition) is 2. The third-order valence-corrected chi connectivity index (χ3v) is 8.51. The number of carbonyl (C=O) groups is 1. The van der Waals surface area contributed by atoms with Crippen molar-refractivity contribution < 1.29 is 33.8 Å². The summed E-state index contributed by atoms with van der Waals surface area (Å²) in [5.74, 6) is 0.170. The van der Waals surface area contributed by atoms with Gasteiger partial charge in [-0.25, -0.2) is 0 Å². The van der Waals surface area contributed by atoms with Gasteiger partial charge < -0.3 is 24.1 Å². The number of hydrogen-bond acceptors (Lipinski definition) is 9. The molecule has 240 valence electrons. The first-order valence-electron chi connectivity index (χ1n) is 14.6. The van der Waals surface area contributed by atoms with Crippen LogP contribution in [0.4, 0.5) is 11.4 Å². The summed E-state index contributed by atoms with van der Waals surface area (Å²) in [4.78, 5) is 27.3. The third kappa shape index (κ3) is 5.53. The Morgan fingerprint density at radius 1 is 0.957 bits per heavy atom. The minimum Gasteiger partial charge on any atom is -0.507 e. The van der Waals surface area contributed by atoms with Gasteiger partial charge in [-0.15, -0.1) is 0 Å². The van der Waals surface area contributed by atoms with Gasteiger partial charge in [0, 0.05) is 46.9 Å². The van der Waals surface area contributed by atoms with Crippen LogP contribution in [0.25, 0.3) is 5.76 Å². The maximum atomic E-state index is 14.3. The molecule has 11 heteroatoms. The Morgan fingerprint density at radius 3 is 2.13 bits per heavy atom. The molecule has 2 N–H and O–H groups in total. The number of non-ortho nitro benzene ring substituents is 1. The van der Waals surface area contributed by atoms with Crippen LogP contribution in [0.15, 0.2) is 71.4 Å². The Bertz CT molecular complexity index is 1780. The second-order valence-corrected chi connectivity index (χ2v) is 12.1. The van der Waals surface area contributed by atoms with Crippen LogP contribution in [0.2, 0.25) is 0 Å². The van der Waals surface area contributed by atoms with E-state index in [1.54, 1.807) is 54.3 Å². The average Bonchev–Trinajstić information content (AvgIpc) is 3.03. The Balaban J connectivity index is 1.92. The largest absolute Gasteiger partial charge is 0.507 e. The number of methoxy groups -OCH3 is 4. The first-order chi connectivity index (χ1) is 21.8. The zero-order chi connectivity index (χ0) is 33.5. The Labute approximate surface area is 267 Å². The number of nitro groups is 1. The molecule has 1 heterocycles. The fourth-order valence-electron chi connectivity index (χ4n) is 6.34. The summed E-state index contributed by atoms with van der Waals surface area (Å²) in [6.45, 7) is 5.75. The molecule has 1 atom stereocenters. The molecule has 0 fully saturated rings. The van der Waals surface area contributed by atoms with E-state index in [0.29, 0.717) is 63.1 Å². The zero-order valence-corrected chi connectivity index (χ0v) is 26.9. The van der Waals surface area contributed by atoms with Crippen molar-refractivity contribution in [1.82, 2.24) is 0 Å². The Morgan fingerprint density at radius 2 is 1.59 bits per heavy atom. The number of aliphatic hydroxyl groups is 1. The number of anilines is 1. The van der Waals surface area contributed by atoms with Crippen molar-refractivity contribution in [2.75, 3.05) is 33.3 Å². The summed E-state index contributed by atoms with van der Waals surface area (Å²) < 4.78 is 22.2. The van der Waals surface area contributed by atoms with Gasteiger partial charge in [0.15, 0.2) is 17.3 Å². The molecule has 0 spiro atoms. The second kappa shape index (κ2) is 12.2. The summed E-state index contributed by atoms with van der Waals surface area (Å²) >= 11 is 0. The van der Waals surface area contributed by atoms with Crippen LogP contribution in [-0.2, 0) is 4.79 Å². The maximum Gasteiger partial charge on any atom is 0.271 e. The molecule has 0 aromatic heterocycles. The molecule has 46 heavy (non-hydrogen) atoms. The van der Waals surface area contributed by atoms with E-state index >= 15 is 0 Å². The summed E-state index contributed by atoms with van der Waals surface area (Å²) in [5.41, 5.74) is 2.39. The SMILES string of the molecule is COc1ccc(/C(O)=C2\C(=N)N(c3cc([N+](=O)[O-])ccc3C)C3=C(C(=O)CC(C)(C)C3)[C@H]2c2cc(OC)c(OC)c(OC)c2)cc1. The lowest BCUT2D eigenvalue weighted by Crippen LogP contribution is -2.45. The molecule has 0 amide bonds. The number of aryl methyl sites for hydroxylation is 1. The number of ketones is 1. The van der Waals surface area contributed by atoms with Gasteiger partial charge in [0.25, 0.3) is 5.69 Å². The number of ether oxygens (including phenoxy) is 4. The first kappa shape index (κ1) is 32.1. The molecule has 1 aliphatic heterocycles. The number of Topliss-reactive ketones (excluding diaryl/α,β-unsaturated/α-hetero) is 1. The van der Waals surface area contributed by atoms with E-state index in [-0.39, 0.29) is 35.1 Å². The fourth-order valence-corrected chi connectivity index (χ4v) is 6.34. The van der Waals surface area contributed by atoms with Gasteiger partial charge in [-0.05, 0) is 66.3 Å². The van der Waals surface area contributed by atoms with Crippen LogP contribution < -0.4 is 23.8 Å². The number of nitrogens with one attached hydrogen (secondary N) is 1. The quantitative estimate of drug-likeness (QED) is 0.151. The molecule has 11 nitrogen and oxygen atoms in total. The molecule has 3 aromatic carbocycles. The lowest BCUT2D eigenvalue weighted by Gasteiger charge is -2.45. The second-order valence-electron chi connectivity index (χ2n) is 12.1. The van der Waals surface area contributed by atoms with E-state index < -0.39 is 16.3 Å². The van der Waals surface area contributed by atoms with Crippen LogP contribution in [0.5, 0.6) is 23.0 Å². The Hall–Kier alpha value is -5.32. The van der Waals surface area contributed by atoms with Crippen LogP contribution in [0.1, 0.15) is 49.3 Å². The van der Waals surface area contributed by atoms with Crippen molar-refractivity contribution in [1.29, 1.82) is 5.41 Å². The molecular formula is C35H37N3O8. The van der Waals surface area contributed by atoms with Gasteiger partial charge in [0.05, 0.1) is 39.0 Å². The van der Waals surface area contributed by atoms with Crippen LogP contribution in [-0.4, -0.2) is 50.1 Å². The summed E-state index contributed by atoms with van der Waals surface area (Å²) in [7, 11) is 6.00. The van der Waals surface area contributed by atoms with Gasteiger partial charge >= 0.3 is 0 Å². The molecule has 5 rings (SSSR count). The van der Waals surface area contributed by atoms with Gasteiger partial charge in [-0.3, -0.25) is 25.2 Å². The number of aliphatic hydroxyl groups excluding tert-OH is 1. The monoisotopic (exact) mass is 627 g/mol. The van der Waals surface area contributed by atoms with Crippen molar-refractivity contribution in [3.8, 4) is 23.0 Å². The van der Waals surface area contributed by atoms with Gasteiger partial charge in [-0.2, -0.15) is 0 Å². The van der Waals surface area contributed by atoms with Gasteiger partial charge in [-0.1, -0.05) is 19.9 Å². The van der Waals surface area contributed by atoms with E-state index in [1.807, 2.05) is 13.8 Å². The molecule has 0 saturated carbocycles. The molecular weight excluding hydrogens is 590 g/mol. The summed E-state index contributed by atoms with van der Waals surface area (Å²) in [6.07, 6.45) is 0.620. The predicted molar refractivity (Wildman–Crippen MR) is 174 cm³/mol. The molecule has 1 aliphatic carbocycles. The topological polar surface area (TPSA) is 144 Å². The number of rotatable bonds is 8. The number of nitrogens with zero attached hydrogens (tertiary/aromatic N) is 2. The number of nitro benzene ring substituents is 1. The zero-order valence-electron chi connectivity index (χ0n) is 26.9. The minimum atomic E-state index is -0.919. The molecule has 0 unspecified atom stereocenters.